The molecule has 0 spiro atoms. The largest absolute Gasteiger partial charge is 0.497 e. The number of hydrogen-bond acceptors (Lipinski definition) is 9. The van der Waals surface area contributed by atoms with E-state index < -0.39 is 0 Å². The van der Waals surface area contributed by atoms with E-state index >= 15 is 0 Å². The van der Waals surface area contributed by atoms with Gasteiger partial charge in [0.1, 0.15) is 23.4 Å². The predicted molar refractivity (Wildman–Crippen MR) is 132 cm³/mol. The number of rotatable bonds is 8. The summed E-state index contributed by atoms with van der Waals surface area (Å²) in [6.45, 7) is 2.95. The number of ether oxygens (including phenoxy) is 3. The monoisotopic (exact) mass is 485 g/mol. The predicted octanol–water partition coefficient (Wildman–Crippen LogP) is 2.23. The number of hydrogen-bond donors (Lipinski definition) is 3. The lowest BCUT2D eigenvalue weighted by molar-refractivity contribution is -0.121. The number of anilines is 2. The number of aliphatic imine (C=N–C) groups is 1. The number of benzene rings is 2. The molecule has 2 heterocycles. The van der Waals surface area contributed by atoms with Gasteiger partial charge in [-0.2, -0.15) is 0 Å². The molecule has 1 saturated heterocycles. The van der Waals surface area contributed by atoms with Crippen LogP contribution in [0, 0.1) is 5.92 Å². The molecule has 0 saturated carbocycles. The molecule has 11 heteroatoms. The van der Waals surface area contributed by atoms with Crippen molar-refractivity contribution in [2.75, 3.05) is 43.3 Å². The van der Waals surface area contributed by atoms with Gasteiger partial charge in [0.05, 0.1) is 43.9 Å². The molecule has 2 aliphatic rings. The second-order valence-electron chi connectivity index (χ2n) is 7.49. The van der Waals surface area contributed by atoms with Crippen molar-refractivity contribution in [3.8, 4) is 17.2 Å². The van der Waals surface area contributed by atoms with Crippen LogP contribution in [0.25, 0.3) is 0 Å². The summed E-state index contributed by atoms with van der Waals surface area (Å²) >= 11 is 1.19. The summed E-state index contributed by atoms with van der Waals surface area (Å²) in [4.78, 5) is 32.3. The molecule has 2 aromatic carbocycles. The number of thioether (sulfide) groups is 1. The van der Waals surface area contributed by atoms with Crippen molar-refractivity contribution in [1.82, 2.24) is 10.9 Å². The maximum absolute atomic E-state index is 13.3. The molecule has 3 N–H and O–H groups in total. The highest BCUT2D eigenvalue weighted by Gasteiger charge is 2.42. The van der Waals surface area contributed by atoms with Crippen molar-refractivity contribution in [3.63, 3.8) is 0 Å². The van der Waals surface area contributed by atoms with Crippen LogP contribution in [0.1, 0.15) is 6.92 Å². The summed E-state index contributed by atoms with van der Waals surface area (Å²) < 4.78 is 16.0. The van der Waals surface area contributed by atoms with E-state index in [-0.39, 0.29) is 29.7 Å². The molecular weight excluding hydrogens is 458 g/mol. The number of fused-ring (bicyclic) bond motifs is 1. The first-order valence-electron chi connectivity index (χ1n) is 10.8. The fraction of sp³-hybridized carbons (Fsp3) is 0.348. The van der Waals surface area contributed by atoms with Gasteiger partial charge in [0.15, 0.2) is 5.17 Å². The average molecular weight is 486 g/mol. The van der Waals surface area contributed by atoms with Crippen LogP contribution in [-0.4, -0.2) is 56.3 Å². The molecule has 180 valence electrons. The fourth-order valence-corrected chi connectivity index (χ4v) is 4.53. The SMILES string of the molecule is CCOc1ccc(N2C(=O)C3CNNC3N=C2SCC(=O)Nc2ccc(OC)cc2OC)cc1. The quantitative estimate of drug-likeness (QED) is 0.522. The van der Waals surface area contributed by atoms with Crippen LogP contribution in [0.15, 0.2) is 47.5 Å². The number of nitrogens with zero attached hydrogens (tertiary/aromatic N) is 2. The van der Waals surface area contributed by atoms with Crippen molar-refractivity contribution >= 4 is 40.1 Å². The molecule has 10 nitrogen and oxygen atoms in total. The van der Waals surface area contributed by atoms with Gasteiger partial charge < -0.3 is 19.5 Å². The van der Waals surface area contributed by atoms with Crippen molar-refractivity contribution in [2.45, 2.75) is 13.1 Å². The lowest BCUT2D eigenvalue weighted by Gasteiger charge is -2.32. The van der Waals surface area contributed by atoms with Gasteiger partial charge in [-0.3, -0.25) is 19.9 Å². The maximum Gasteiger partial charge on any atom is 0.241 e. The van der Waals surface area contributed by atoms with Gasteiger partial charge in [0, 0.05) is 12.6 Å². The lowest BCUT2D eigenvalue weighted by Crippen LogP contribution is -2.49. The van der Waals surface area contributed by atoms with Gasteiger partial charge in [-0.25, -0.2) is 10.4 Å². The van der Waals surface area contributed by atoms with Crippen LogP contribution in [0.5, 0.6) is 17.2 Å². The number of carbonyl (C=O) groups is 2. The van der Waals surface area contributed by atoms with E-state index in [9.17, 15) is 9.59 Å². The maximum atomic E-state index is 13.3. The minimum Gasteiger partial charge on any atom is -0.497 e. The Morgan fingerprint density at radius 1 is 1.18 bits per heavy atom. The Hall–Kier alpha value is -3.28. The highest BCUT2D eigenvalue weighted by Crippen LogP contribution is 2.32. The van der Waals surface area contributed by atoms with Crippen LogP contribution >= 0.6 is 11.8 Å². The third-order valence-electron chi connectivity index (χ3n) is 5.35. The molecule has 1 fully saturated rings. The summed E-state index contributed by atoms with van der Waals surface area (Å²) in [5, 5.41) is 3.29. The molecule has 0 radical (unpaired) electrons. The second-order valence-corrected chi connectivity index (χ2v) is 8.43. The van der Waals surface area contributed by atoms with Crippen LogP contribution in [0.2, 0.25) is 0 Å². The highest BCUT2D eigenvalue weighted by molar-refractivity contribution is 8.14. The zero-order valence-electron chi connectivity index (χ0n) is 19.2. The molecule has 2 amide bonds. The number of amidine groups is 1. The molecule has 34 heavy (non-hydrogen) atoms. The van der Waals surface area contributed by atoms with Crippen LogP contribution in [0.4, 0.5) is 11.4 Å². The molecule has 2 unspecified atom stereocenters. The first-order valence-corrected chi connectivity index (χ1v) is 11.8. The molecule has 2 aromatic rings. The van der Waals surface area contributed by atoms with Crippen molar-refractivity contribution < 1.29 is 23.8 Å². The normalized spacial score (nSPS) is 19.3. The van der Waals surface area contributed by atoms with Gasteiger partial charge in [-0.1, -0.05) is 11.8 Å². The number of nitrogens with one attached hydrogen (secondary N) is 3. The van der Waals surface area contributed by atoms with E-state index in [0.29, 0.717) is 41.2 Å². The second kappa shape index (κ2) is 10.8. The van der Waals surface area contributed by atoms with Gasteiger partial charge in [-0.05, 0) is 43.3 Å². The fourth-order valence-electron chi connectivity index (χ4n) is 3.68. The van der Waals surface area contributed by atoms with Crippen LogP contribution in [0.3, 0.4) is 0 Å². The number of hydrazine groups is 1. The smallest absolute Gasteiger partial charge is 0.241 e. The minimum absolute atomic E-state index is 0.0552. The Bertz CT molecular complexity index is 1080. The lowest BCUT2D eigenvalue weighted by atomic mass is 10.0. The summed E-state index contributed by atoms with van der Waals surface area (Å²) in [5.74, 6) is 1.22. The molecule has 0 aliphatic carbocycles. The highest BCUT2D eigenvalue weighted by atomic mass is 32.2. The van der Waals surface area contributed by atoms with E-state index in [2.05, 4.69) is 16.2 Å². The molecule has 0 aromatic heterocycles. The molecular formula is C23H27N5O5S. The zero-order valence-corrected chi connectivity index (χ0v) is 20.0. The molecule has 0 bridgehead atoms. The Morgan fingerprint density at radius 2 is 1.94 bits per heavy atom. The standard InChI is InChI=1S/C23H27N5O5S/c1-4-33-15-7-5-14(6-8-15)28-22(30)17-12-24-27-21(17)26-23(28)34-13-20(29)25-18-10-9-16(31-2)11-19(18)32-3/h5-11,17,21,24,27H,4,12-13H2,1-3H3,(H,25,29). The Balaban J connectivity index is 1.50. The Labute approximate surface area is 202 Å². The van der Waals surface area contributed by atoms with E-state index in [1.54, 1.807) is 30.2 Å². The molecule has 2 aliphatic heterocycles. The minimum atomic E-state index is -0.376. The number of amides is 2. The van der Waals surface area contributed by atoms with Crippen molar-refractivity contribution in [2.24, 2.45) is 10.9 Å². The van der Waals surface area contributed by atoms with Crippen molar-refractivity contribution in [1.29, 1.82) is 0 Å². The first-order chi connectivity index (χ1) is 16.5. The third kappa shape index (κ3) is 5.11. The Kier molecular flexibility index (Phi) is 7.56. The molecule has 2 atom stereocenters. The van der Waals surface area contributed by atoms with E-state index in [1.807, 2.05) is 31.2 Å². The van der Waals surface area contributed by atoms with Crippen LogP contribution < -0.4 is 35.3 Å². The summed E-state index contributed by atoms with van der Waals surface area (Å²) in [6, 6.07) is 12.4. The molecule has 4 rings (SSSR count). The summed E-state index contributed by atoms with van der Waals surface area (Å²) in [5.41, 5.74) is 7.22. The number of carbonyl (C=O) groups excluding carboxylic acids is 2. The van der Waals surface area contributed by atoms with Gasteiger partial charge >= 0.3 is 0 Å². The average Bonchev–Trinajstić information content (AvgIpc) is 3.33. The van der Waals surface area contributed by atoms with E-state index in [0.717, 1.165) is 5.75 Å². The summed E-state index contributed by atoms with van der Waals surface area (Å²) in [7, 11) is 3.08. The van der Waals surface area contributed by atoms with Gasteiger partial charge in [0.2, 0.25) is 11.8 Å². The summed E-state index contributed by atoms with van der Waals surface area (Å²) in [6.07, 6.45) is -0.376. The first kappa shape index (κ1) is 23.9. The van der Waals surface area contributed by atoms with Gasteiger partial charge in [-0.15, -0.1) is 0 Å². The topological polar surface area (TPSA) is 114 Å². The number of methoxy groups -OCH3 is 2. The van der Waals surface area contributed by atoms with Crippen molar-refractivity contribution in [3.05, 3.63) is 42.5 Å². The third-order valence-corrected chi connectivity index (χ3v) is 6.31. The van der Waals surface area contributed by atoms with E-state index in [1.165, 1.54) is 18.9 Å². The zero-order chi connectivity index (χ0) is 24.1. The van der Waals surface area contributed by atoms with Crippen LogP contribution in [-0.2, 0) is 9.59 Å². The Morgan fingerprint density at radius 3 is 2.65 bits per heavy atom. The van der Waals surface area contributed by atoms with E-state index in [4.69, 9.17) is 19.2 Å². The van der Waals surface area contributed by atoms with Gasteiger partial charge in [0.25, 0.3) is 0 Å².